The molecule has 1 aliphatic rings. The van der Waals surface area contributed by atoms with Gasteiger partial charge < -0.3 is 10.1 Å². The van der Waals surface area contributed by atoms with Crippen molar-refractivity contribution < 1.29 is 4.74 Å². The van der Waals surface area contributed by atoms with Crippen LogP contribution in [0.3, 0.4) is 0 Å². The largest absolute Gasteiger partial charge is 0.497 e. The Labute approximate surface area is 97.3 Å². The maximum Gasteiger partial charge on any atom is 0.109 e. The summed E-state index contributed by atoms with van der Waals surface area (Å²) in [4.78, 5) is 0. The van der Waals surface area contributed by atoms with Gasteiger partial charge in [-0.2, -0.15) is 0 Å². The Hall–Kier alpha value is -1.28. The van der Waals surface area contributed by atoms with Crippen molar-refractivity contribution in [2.24, 2.45) is 0 Å². The van der Waals surface area contributed by atoms with Crippen LogP contribution in [0.2, 0.25) is 0 Å². The van der Waals surface area contributed by atoms with Crippen molar-refractivity contribution in [1.82, 2.24) is 5.32 Å². The van der Waals surface area contributed by atoms with Gasteiger partial charge in [0.05, 0.1) is 12.6 Å². The van der Waals surface area contributed by atoms with Crippen molar-refractivity contribution in [3.63, 3.8) is 0 Å². The molecule has 0 amide bonds. The maximum atomic E-state index is 5.70. The lowest BCUT2D eigenvalue weighted by Crippen LogP contribution is -2.32. The summed E-state index contributed by atoms with van der Waals surface area (Å²) in [5.74, 6) is 1.11. The van der Waals surface area contributed by atoms with Gasteiger partial charge in [-0.1, -0.05) is 30.3 Å². The number of allylic oxidation sites excluding steroid dienone is 1. The molecule has 1 atom stereocenters. The highest BCUT2D eigenvalue weighted by Gasteiger charge is 2.16. The lowest BCUT2D eigenvalue weighted by Gasteiger charge is -2.23. The van der Waals surface area contributed by atoms with Crippen LogP contribution < -0.4 is 5.32 Å². The van der Waals surface area contributed by atoms with E-state index in [-0.39, 0.29) is 0 Å². The molecular formula is C14H19NO. The van der Waals surface area contributed by atoms with E-state index in [0.29, 0.717) is 6.04 Å². The predicted molar refractivity (Wildman–Crippen MR) is 66.3 cm³/mol. The fourth-order valence-corrected chi connectivity index (χ4v) is 2.01. The Balaban J connectivity index is 2.03. The van der Waals surface area contributed by atoms with Crippen molar-refractivity contribution >= 4 is 0 Å². The Morgan fingerprint density at radius 1 is 1.31 bits per heavy atom. The minimum Gasteiger partial charge on any atom is -0.497 e. The highest BCUT2D eigenvalue weighted by molar-refractivity contribution is 5.19. The van der Waals surface area contributed by atoms with E-state index in [2.05, 4.69) is 35.7 Å². The van der Waals surface area contributed by atoms with E-state index in [4.69, 9.17) is 4.74 Å². The van der Waals surface area contributed by atoms with Crippen molar-refractivity contribution in [2.45, 2.75) is 25.3 Å². The highest BCUT2D eigenvalue weighted by atomic mass is 16.5. The summed E-state index contributed by atoms with van der Waals surface area (Å²) in [6, 6.07) is 10.8. The second-order valence-corrected chi connectivity index (χ2v) is 4.13. The topological polar surface area (TPSA) is 21.3 Å². The molecule has 0 saturated heterocycles. The quantitative estimate of drug-likeness (QED) is 0.836. The smallest absolute Gasteiger partial charge is 0.109 e. The van der Waals surface area contributed by atoms with Crippen LogP contribution in [0, 0.1) is 0 Å². The van der Waals surface area contributed by atoms with Crippen LogP contribution in [0.25, 0.3) is 0 Å². The van der Waals surface area contributed by atoms with Gasteiger partial charge in [-0.15, -0.1) is 0 Å². The number of hydrogen-bond acceptors (Lipinski definition) is 2. The molecule has 2 nitrogen and oxygen atoms in total. The molecule has 1 unspecified atom stereocenters. The van der Waals surface area contributed by atoms with E-state index >= 15 is 0 Å². The Bertz CT molecular complexity index is 345. The predicted octanol–water partition coefficient (Wildman–Crippen LogP) is 2.51. The molecule has 0 fully saturated rings. The Morgan fingerprint density at radius 3 is 2.75 bits per heavy atom. The first-order chi connectivity index (χ1) is 7.90. The lowest BCUT2D eigenvalue weighted by molar-refractivity contribution is 0.169. The SMILES string of the molecule is CNC(Cc1ccccc1)C1=CCCCO1. The first kappa shape index (κ1) is 11.2. The first-order valence-corrected chi connectivity index (χ1v) is 5.94. The first-order valence-electron chi connectivity index (χ1n) is 5.94. The van der Waals surface area contributed by atoms with Crippen LogP contribution in [0.5, 0.6) is 0 Å². The second kappa shape index (κ2) is 5.71. The van der Waals surface area contributed by atoms with Gasteiger partial charge in [-0.25, -0.2) is 0 Å². The second-order valence-electron chi connectivity index (χ2n) is 4.13. The third-order valence-electron chi connectivity index (χ3n) is 2.94. The summed E-state index contributed by atoms with van der Waals surface area (Å²) in [7, 11) is 1.99. The molecule has 2 heteroatoms. The molecule has 1 heterocycles. The molecule has 0 bridgehead atoms. The van der Waals surface area contributed by atoms with E-state index in [1.54, 1.807) is 0 Å². The Morgan fingerprint density at radius 2 is 2.12 bits per heavy atom. The van der Waals surface area contributed by atoms with Crippen molar-refractivity contribution in [3.05, 3.63) is 47.7 Å². The van der Waals surface area contributed by atoms with Gasteiger partial charge >= 0.3 is 0 Å². The molecule has 16 heavy (non-hydrogen) atoms. The van der Waals surface area contributed by atoms with E-state index < -0.39 is 0 Å². The summed E-state index contributed by atoms with van der Waals surface area (Å²) in [6.45, 7) is 0.860. The monoisotopic (exact) mass is 217 g/mol. The van der Waals surface area contributed by atoms with Gasteiger partial charge in [0, 0.05) is 0 Å². The summed E-state index contributed by atoms with van der Waals surface area (Å²) < 4.78 is 5.70. The van der Waals surface area contributed by atoms with Crippen LogP contribution >= 0.6 is 0 Å². The van der Waals surface area contributed by atoms with Gasteiger partial charge in [-0.3, -0.25) is 0 Å². The summed E-state index contributed by atoms with van der Waals surface area (Å²) >= 11 is 0. The van der Waals surface area contributed by atoms with E-state index in [9.17, 15) is 0 Å². The Kier molecular flexibility index (Phi) is 4.00. The molecule has 0 saturated carbocycles. The van der Waals surface area contributed by atoms with Gasteiger partial charge in [-0.05, 0) is 37.9 Å². The number of nitrogens with one attached hydrogen (secondary N) is 1. The average molecular weight is 217 g/mol. The van der Waals surface area contributed by atoms with E-state index in [1.165, 1.54) is 5.56 Å². The number of likely N-dealkylation sites (N-methyl/N-ethyl adjacent to an activating group) is 1. The van der Waals surface area contributed by atoms with Crippen molar-refractivity contribution in [2.75, 3.05) is 13.7 Å². The normalized spacial score (nSPS) is 17.4. The third-order valence-corrected chi connectivity index (χ3v) is 2.94. The van der Waals surface area contributed by atoms with Gasteiger partial charge in [0.15, 0.2) is 0 Å². The zero-order valence-electron chi connectivity index (χ0n) is 9.78. The summed E-state index contributed by atoms with van der Waals surface area (Å²) in [5.41, 5.74) is 1.34. The summed E-state index contributed by atoms with van der Waals surface area (Å²) in [6.07, 6.45) is 5.49. The molecule has 1 aromatic carbocycles. The maximum absolute atomic E-state index is 5.70. The fraction of sp³-hybridized carbons (Fsp3) is 0.429. The van der Waals surface area contributed by atoms with Crippen molar-refractivity contribution in [3.8, 4) is 0 Å². The molecular weight excluding hydrogens is 198 g/mol. The fourth-order valence-electron chi connectivity index (χ4n) is 2.01. The number of rotatable bonds is 4. The molecule has 1 aliphatic heterocycles. The number of benzene rings is 1. The third kappa shape index (κ3) is 2.86. The molecule has 1 aromatic rings. The zero-order valence-corrected chi connectivity index (χ0v) is 9.78. The standard InChI is InChI=1S/C14H19NO/c1-15-13(14-9-5-6-10-16-14)11-12-7-3-2-4-8-12/h2-4,7-9,13,15H,5-6,10-11H2,1H3. The number of hydrogen-bond donors (Lipinski definition) is 1. The molecule has 86 valence electrons. The highest BCUT2D eigenvalue weighted by Crippen LogP contribution is 2.16. The molecule has 0 radical (unpaired) electrons. The van der Waals surface area contributed by atoms with Crippen LogP contribution in [-0.4, -0.2) is 19.7 Å². The molecule has 0 aliphatic carbocycles. The minimum atomic E-state index is 0.308. The van der Waals surface area contributed by atoms with Crippen LogP contribution in [0.1, 0.15) is 18.4 Å². The van der Waals surface area contributed by atoms with Crippen LogP contribution in [-0.2, 0) is 11.2 Å². The van der Waals surface area contributed by atoms with Crippen LogP contribution in [0.4, 0.5) is 0 Å². The molecule has 0 spiro atoms. The minimum absolute atomic E-state index is 0.308. The molecule has 1 N–H and O–H groups in total. The van der Waals surface area contributed by atoms with Crippen LogP contribution in [0.15, 0.2) is 42.2 Å². The van der Waals surface area contributed by atoms with Gasteiger partial charge in [0.25, 0.3) is 0 Å². The van der Waals surface area contributed by atoms with E-state index in [1.807, 2.05) is 13.1 Å². The van der Waals surface area contributed by atoms with Crippen molar-refractivity contribution in [1.29, 1.82) is 0 Å². The molecule has 0 aromatic heterocycles. The molecule has 2 rings (SSSR count). The number of ether oxygens (including phenoxy) is 1. The van der Waals surface area contributed by atoms with E-state index in [0.717, 1.165) is 31.6 Å². The average Bonchev–Trinajstić information content (AvgIpc) is 2.38. The summed E-state index contributed by atoms with van der Waals surface area (Å²) in [5, 5.41) is 3.33. The zero-order chi connectivity index (χ0) is 11.2. The van der Waals surface area contributed by atoms with Gasteiger partial charge in [0.2, 0.25) is 0 Å². The van der Waals surface area contributed by atoms with Gasteiger partial charge in [0.1, 0.15) is 5.76 Å². The lowest BCUT2D eigenvalue weighted by atomic mass is 10.0.